The summed E-state index contributed by atoms with van der Waals surface area (Å²) >= 11 is 0. The van der Waals surface area contributed by atoms with Gasteiger partial charge in [0.1, 0.15) is 11.7 Å². The zero-order valence-corrected chi connectivity index (χ0v) is 26.1. The normalized spacial score (nSPS) is 38.8. The summed E-state index contributed by atoms with van der Waals surface area (Å²) in [6.45, 7) is 4.41. The van der Waals surface area contributed by atoms with E-state index in [1.807, 2.05) is 7.11 Å². The lowest BCUT2D eigenvalue weighted by atomic mass is 9.36. The third kappa shape index (κ3) is 3.77. The molecule has 2 aromatic rings. The highest BCUT2D eigenvalue weighted by molar-refractivity contribution is 5.63. The fraction of sp³-hybridized carbons (Fsp3) is 0.667. The highest BCUT2D eigenvalue weighted by Crippen LogP contribution is 2.77. The topological polar surface area (TPSA) is 36.9 Å². The van der Waals surface area contributed by atoms with Crippen molar-refractivity contribution in [3.05, 3.63) is 58.7 Å². The van der Waals surface area contributed by atoms with Crippen LogP contribution in [0.3, 0.4) is 0 Å². The molecule has 2 aliphatic heterocycles. The van der Waals surface area contributed by atoms with Gasteiger partial charge in [0.15, 0.2) is 11.5 Å². The maximum atomic E-state index is 13.8. The molecule has 43 heavy (non-hydrogen) atoms. The van der Waals surface area contributed by atoms with Gasteiger partial charge in [-0.3, -0.25) is 0 Å². The van der Waals surface area contributed by atoms with Crippen molar-refractivity contribution in [2.75, 3.05) is 41.0 Å². The number of likely N-dealkylation sites (tertiary alicyclic amines) is 1. The van der Waals surface area contributed by atoms with Crippen LogP contribution in [0.15, 0.2) is 36.4 Å². The van der Waals surface area contributed by atoms with E-state index in [0.717, 1.165) is 62.0 Å². The molecule has 2 spiro atoms. The maximum Gasteiger partial charge on any atom is 0.270 e. The van der Waals surface area contributed by atoms with Crippen molar-refractivity contribution in [2.45, 2.75) is 94.0 Å². The van der Waals surface area contributed by atoms with Gasteiger partial charge in [0, 0.05) is 48.8 Å². The van der Waals surface area contributed by atoms with Gasteiger partial charge in [-0.1, -0.05) is 30.3 Å². The first-order chi connectivity index (χ1) is 20.6. The molecule has 5 fully saturated rings. The molecule has 4 saturated carbocycles. The van der Waals surface area contributed by atoms with Gasteiger partial charge in [-0.2, -0.15) is 0 Å². The van der Waals surface area contributed by atoms with Gasteiger partial charge in [-0.25, -0.2) is 8.78 Å². The number of methoxy groups -OCH3 is 2. The van der Waals surface area contributed by atoms with E-state index in [0.29, 0.717) is 19.3 Å². The Morgan fingerprint density at radius 2 is 1.84 bits per heavy atom. The zero-order chi connectivity index (χ0) is 29.8. The smallest absolute Gasteiger partial charge is 0.270 e. The predicted octanol–water partition coefficient (Wildman–Crippen LogP) is 6.78. The number of likely N-dealkylation sites (N-methyl/N-ethyl adjacent to an activating group) is 1. The first-order valence-corrected chi connectivity index (χ1v) is 16.4. The molecule has 0 radical (unpaired) electrons. The molecular weight excluding hydrogens is 548 g/mol. The second-order valence-electron chi connectivity index (χ2n) is 15.1. The molecule has 1 saturated heterocycles. The van der Waals surface area contributed by atoms with Gasteiger partial charge in [0.05, 0.1) is 51.9 Å². The quantitative estimate of drug-likeness (QED) is 0.300. The first kappa shape index (κ1) is 28.3. The van der Waals surface area contributed by atoms with Crippen molar-refractivity contribution < 1.29 is 32.2 Å². The number of alkyl halides is 2. The van der Waals surface area contributed by atoms with Crippen molar-refractivity contribution >= 4 is 0 Å². The fourth-order valence-electron chi connectivity index (χ4n) is 11.1. The highest BCUT2D eigenvalue weighted by Gasteiger charge is 2.81. The summed E-state index contributed by atoms with van der Waals surface area (Å²) in [4.78, 5) is 0. The molecule has 7 aliphatic rings. The molecule has 9 rings (SSSR count). The summed E-state index contributed by atoms with van der Waals surface area (Å²) in [7, 11) is 6.20. The molecule has 2 aromatic carbocycles. The SMILES string of the molecule is COc1ccc2c3c1OC1C4(OC)CCC5(CC4COCc4ccc(C(C)(F)F)cc4)C(C2)[N+](C)(CC2CC2)CCCC315. The van der Waals surface area contributed by atoms with Gasteiger partial charge < -0.3 is 23.4 Å². The van der Waals surface area contributed by atoms with Gasteiger partial charge in [0.2, 0.25) is 0 Å². The summed E-state index contributed by atoms with van der Waals surface area (Å²) < 4.78 is 55.0. The Labute approximate surface area is 254 Å². The lowest BCUT2D eigenvalue weighted by Gasteiger charge is -2.70. The summed E-state index contributed by atoms with van der Waals surface area (Å²) in [5, 5.41) is 0. The van der Waals surface area contributed by atoms with Crippen LogP contribution in [0.5, 0.6) is 11.5 Å². The molecule has 0 aromatic heterocycles. The third-order valence-electron chi connectivity index (χ3n) is 13.0. The van der Waals surface area contributed by atoms with E-state index in [2.05, 4.69) is 19.2 Å². The highest BCUT2D eigenvalue weighted by atomic mass is 19.3. The lowest BCUT2D eigenvalue weighted by Crippen LogP contribution is -2.79. The summed E-state index contributed by atoms with van der Waals surface area (Å²) in [5.41, 5.74) is 3.40. The molecule has 232 valence electrons. The van der Waals surface area contributed by atoms with Gasteiger partial charge in [0.25, 0.3) is 5.92 Å². The van der Waals surface area contributed by atoms with E-state index in [-0.39, 0.29) is 28.4 Å². The minimum Gasteiger partial charge on any atom is -0.493 e. The van der Waals surface area contributed by atoms with Crippen LogP contribution < -0.4 is 9.47 Å². The van der Waals surface area contributed by atoms with E-state index in [1.54, 1.807) is 19.2 Å². The van der Waals surface area contributed by atoms with Crippen molar-refractivity contribution in [3.8, 4) is 11.5 Å². The lowest BCUT2D eigenvalue weighted by molar-refractivity contribution is -0.942. The molecule has 5 aliphatic carbocycles. The van der Waals surface area contributed by atoms with E-state index in [1.165, 1.54) is 60.1 Å². The Bertz CT molecular complexity index is 1420. The molecule has 7 heteroatoms. The Balaban J connectivity index is 1.18. The minimum absolute atomic E-state index is 0.0311. The van der Waals surface area contributed by atoms with Crippen molar-refractivity contribution in [1.82, 2.24) is 0 Å². The van der Waals surface area contributed by atoms with Crippen LogP contribution in [-0.2, 0) is 33.8 Å². The molecular formula is C36H46F2NO4+. The van der Waals surface area contributed by atoms with E-state index < -0.39 is 11.5 Å². The second kappa shape index (κ2) is 9.40. The van der Waals surface area contributed by atoms with Crippen LogP contribution in [0.4, 0.5) is 8.78 Å². The van der Waals surface area contributed by atoms with Crippen molar-refractivity contribution in [3.63, 3.8) is 0 Å². The summed E-state index contributed by atoms with van der Waals surface area (Å²) in [5.74, 6) is 0.00712. The number of hydrogen-bond acceptors (Lipinski definition) is 4. The Kier molecular flexibility index (Phi) is 6.18. The number of rotatable bonds is 9. The molecule has 0 amide bonds. The van der Waals surface area contributed by atoms with E-state index in [4.69, 9.17) is 18.9 Å². The predicted molar refractivity (Wildman–Crippen MR) is 160 cm³/mol. The number of hydrogen-bond donors (Lipinski definition) is 0. The number of halogens is 2. The average Bonchev–Trinajstić information content (AvgIpc) is 3.73. The fourth-order valence-corrected chi connectivity index (χ4v) is 11.1. The first-order valence-electron chi connectivity index (χ1n) is 16.4. The van der Waals surface area contributed by atoms with E-state index in [9.17, 15) is 8.78 Å². The molecule has 4 bridgehead atoms. The van der Waals surface area contributed by atoms with Crippen molar-refractivity contribution in [1.29, 1.82) is 0 Å². The zero-order valence-electron chi connectivity index (χ0n) is 26.1. The maximum absolute atomic E-state index is 13.8. The molecule has 2 heterocycles. The van der Waals surface area contributed by atoms with E-state index >= 15 is 0 Å². The van der Waals surface area contributed by atoms with Gasteiger partial charge >= 0.3 is 0 Å². The van der Waals surface area contributed by atoms with Crippen LogP contribution >= 0.6 is 0 Å². The summed E-state index contributed by atoms with van der Waals surface area (Å²) in [6.07, 6.45) is 9.30. The average molecular weight is 595 g/mol. The number of ether oxygens (including phenoxy) is 4. The Morgan fingerprint density at radius 3 is 2.53 bits per heavy atom. The number of fused-ring (bicyclic) bond motifs is 2. The Morgan fingerprint density at radius 1 is 1.05 bits per heavy atom. The van der Waals surface area contributed by atoms with Crippen molar-refractivity contribution in [2.24, 2.45) is 17.3 Å². The number of quaternary nitrogens is 1. The van der Waals surface area contributed by atoms with Gasteiger partial charge in [-0.05, 0) is 62.1 Å². The third-order valence-corrected chi connectivity index (χ3v) is 13.0. The van der Waals surface area contributed by atoms with Gasteiger partial charge in [-0.15, -0.1) is 0 Å². The monoisotopic (exact) mass is 594 g/mol. The molecule has 7 unspecified atom stereocenters. The largest absolute Gasteiger partial charge is 0.493 e. The van der Waals surface area contributed by atoms with Crippen LogP contribution in [0.2, 0.25) is 0 Å². The van der Waals surface area contributed by atoms with Crippen LogP contribution in [0, 0.1) is 17.3 Å². The minimum atomic E-state index is -2.84. The van der Waals surface area contributed by atoms with Crippen LogP contribution in [0.25, 0.3) is 0 Å². The number of benzene rings is 2. The van der Waals surface area contributed by atoms with Crippen LogP contribution in [0.1, 0.15) is 74.1 Å². The Hall–Kier alpha value is -2.22. The molecule has 7 atom stereocenters. The second-order valence-corrected chi connectivity index (χ2v) is 15.1. The molecule has 5 nitrogen and oxygen atoms in total. The van der Waals surface area contributed by atoms with Crippen LogP contribution in [-0.4, -0.2) is 63.2 Å². The summed E-state index contributed by atoms with van der Waals surface area (Å²) in [6, 6.07) is 11.6. The number of nitrogens with zero attached hydrogens (tertiary/aromatic N) is 1. The molecule has 0 N–H and O–H groups in total. The standard InChI is InChI=1S/C36H46F2NO4/c1-33(37,38)26-11-8-24(9-12-26)21-42-22-27-19-34-15-16-36(27,41-4)32-35(34)14-5-17-39(2,20-23-6-7-23)29(34)18-25-10-13-28(40-3)31(43-32)30(25)35/h8-13,23,27,29,32H,5-7,14-22H2,1-4H3/q+1.